The molecule has 0 aliphatic carbocycles. The Bertz CT molecular complexity index is 688. The largest absolute Gasteiger partial charge is 0.447 e. The average molecular weight is 326 g/mol. The van der Waals surface area contributed by atoms with Crippen LogP contribution in [0.5, 0.6) is 0 Å². The normalized spacial score (nSPS) is 24.0. The smallest absolute Gasteiger partial charge is 0.410 e. The third-order valence-corrected chi connectivity index (χ3v) is 5.00. The summed E-state index contributed by atoms with van der Waals surface area (Å²) in [6, 6.07) is 12.3. The zero-order chi connectivity index (χ0) is 16.4. The fourth-order valence-corrected chi connectivity index (χ4v) is 3.79. The molecule has 0 spiro atoms. The fraction of sp³-hybridized carbons (Fsp3) is 0.444. The highest BCUT2D eigenvalue weighted by Crippen LogP contribution is 2.32. The van der Waals surface area contributed by atoms with E-state index >= 15 is 0 Å². The van der Waals surface area contributed by atoms with Gasteiger partial charge in [0.1, 0.15) is 6.61 Å². The van der Waals surface area contributed by atoms with E-state index in [-0.39, 0.29) is 11.6 Å². The average Bonchev–Trinajstić information content (AvgIpc) is 3.22. The molecule has 6 nitrogen and oxygen atoms in total. The number of hydrogen-bond donors (Lipinski definition) is 0. The Labute approximate surface area is 141 Å². The van der Waals surface area contributed by atoms with E-state index in [1.807, 2.05) is 40.0 Å². The van der Waals surface area contributed by atoms with Crippen molar-refractivity contribution in [3.63, 3.8) is 0 Å². The molecule has 6 heteroatoms. The maximum absolute atomic E-state index is 12.1. The molecular formula is C18H22N4O2. The van der Waals surface area contributed by atoms with E-state index in [9.17, 15) is 4.79 Å². The summed E-state index contributed by atoms with van der Waals surface area (Å²) >= 11 is 0. The maximum atomic E-state index is 12.1. The standard InChI is InChI=1S/C18H22N4O2/c23-17-22-12-10-20(9-11-21-8-4-7-19-21)14-18(22,15-24-17)13-16-5-2-1-3-6-16/h1-8H,9-15H2. The molecule has 0 radical (unpaired) electrons. The van der Waals surface area contributed by atoms with Gasteiger partial charge in [0.2, 0.25) is 0 Å². The Morgan fingerprint density at radius 2 is 2.00 bits per heavy atom. The number of aromatic nitrogens is 2. The van der Waals surface area contributed by atoms with Crippen LogP contribution in [0, 0.1) is 0 Å². The molecule has 0 N–H and O–H groups in total. The van der Waals surface area contributed by atoms with Gasteiger partial charge in [-0.1, -0.05) is 30.3 Å². The highest BCUT2D eigenvalue weighted by atomic mass is 16.6. The summed E-state index contributed by atoms with van der Waals surface area (Å²) in [4.78, 5) is 16.5. The molecule has 1 unspecified atom stereocenters. The molecule has 2 aliphatic rings. The number of fused-ring (bicyclic) bond motifs is 1. The first kappa shape index (κ1) is 15.2. The van der Waals surface area contributed by atoms with E-state index in [1.165, 1.54) is 5.56 Å². The van der Waals surface area contributed by atoms with Crippen LogP contribution in [0.25, 0.3) is 0 Å². The number of piperazine rings is 1. The minimum Gasteiger partial charge on any atom is -0.447 e. The van der Waals surface area contributed by atoms with Crippen molar-refractivity contribution < 1.29 is 9.53 Å². The van der Waals surface area contributed by atoms with Crippen LogP contribution in [0.4, 0.5) is 4.79 Å². The third kappa shape index (κ3) is 2.89. The summed E-state index contributed by atoms with van der Waals surface area (Å²) in [7, 11) is 0. The second-order valence-electron chi connectivity index (χ2n) is 6.64. The van der Waals surface area contributed by atoms with Crippen molar-refractivity contribution in [2.24, 2.45) is 0 Å². The Hall–Kier alpha value is -2.34. The summed E-state index contributed by atoms with van der Waals surface area (Å²) in [5.41, 5.74) is 0.996. The van der Waals surface area contributed by atoms with Crippen LogP contribution in [0.3, 0.4) is 0 Å². The fourth-order valence-electron chi connectivity index (χ4n) is 3.79. The van der Waals surface area contributed by atoms with Gasteiger partial charge in [-0.2, -0.15) is 5.10 Å². The maximum Gasteiger partial charge on any atom is 0.410 e. The zero-order valence-electron chi connectivity index (χ0n) is 13.7. The zero-order valence-corrected chi connectivity index (χ0v) is 13.7. The summed E-state index contributed by atoms with van der Waals surface area (Å²) in [5, 5.41) is 4.27. The highest BCUT2D eigenvalue weighted by molar-refractivity contribution is 5.71. The molecule has 2 aromatic rings. The van der Waals surface area contributed by atoms with E-state index < -0.39 is 0 Å². The van der Waals surface area contributed by atoms with Crippen LogP contribution in [-0.2, 0) is 17.7 Å². The lowest BCUT2D eigenvalue weighted by Crippen LogP contribution is -2.62. The van der Waals surface area contributed by atoms with Gasteiger partial charge in [-0.25, -0.2) is 4.79 Å². The van der Waals surface area contributed by atoms with Crippen LogP contribution in [0.1, 0.15) is 5.56 Å². The lowest BCUT2D eigenvalue weighted by molar-refractivity contribution is 0.0495. The predicted octanol–water partition coefficient (Wildman–Crippen LogP) is 1.63. The molecule has 1 aromatic heterocycles. The molecule has 1 aromatic carbocycles. The number of amides is 1. The van der Waals surface area contributed by atoms with Crippen molar-refractivity contribution in [2.45, 2.75) is 18.5 Å². The second kappa shape index (κ2) is 6.28. The van der Waals surface area contributed by atoms with Gasteiger partial charge in [-0.3, -0.25) is 14.5 Å². The molecule has 1 amide bonds. The van der Waals surface area contributed by atoms with Gasteiger partial charge in [0.15, 0.2) is 0 Å². The number of benzene rings is 1. The summed E-state index contributed by atoms with van der Waals surface area (Å²) in [5.74, 6) is 0. The molecule has 1 atom stereocenters. The van der Waals surface area contributed by atoms with Crippen LogP contribution >= 0.6 is 0 Å². The molecule has 4 rings (SSSR count). The van der Waals surface area contributed by atoms with Crippen molar-refractivity contribution in [3.05, 3.63) is 54.4 Å². The van der Waals surface area contributed by atoms with E-state index in [1.54, 1.807) is 6.20 Å². The number of carbonyl (C=O) groups excluding carboxylic acids is 1. The first-order chi connectivity index (χ1) is 11.8. The van der Waals surface area contributed by atoms with Gasteiger partial charge in [-0.15, -0.1) is 0 Å². The van der Waals surface area contributed by atoms with Gasteiger partial charge in [0.05, 0.1) is 12.1 Å². The van der Waals surface area contributed by atoms with E-state index in [4.69, 9.17) is 4.74 Å². The van der Waals surface area contributed by atoms with E-state index in [0.717, 1.165) is 39.1 Å². The molecule has 24 heavy (non-hydrogen) atoms. The first-order valence-electron chi connectivity index (χ1n) is 8.43. The topological polar surface area (TPSA) is 50.6 Å². The quantitative estimate of drug-likeness (QED) is 0.838. The van der Waals surface area contributed by atoms with Gasteiger partial charge < -0.3 is 4.74 Å². The van der Waals surface area contributed by atoms with Gasteiger partial charge >= 0.3 is 6.09 Å². The Morgan fingerprint density at radius 1 is 1.12 bits per heavy atom. The molecule has 2 saturated heterocycles. The van der Waals surface area contributed by atoms with Gasteiger partial charge in [0, 0.05) is 45.0 Å². The van der Waals surface area contributed by atoms with Crippen molar-refractivity contribution in [1.29, 1.82) is 0 Å². The van der Waals surface area contributed by atoms with Crippen LogP contribution in [-0.4, -0.2) is 64.0 Å². The van der Waals surface area contributed by atoms with E-state index in [2.05, 4.69) is 22.1 Å². The highest BCUT2D eigenvalue weighted by Gasteiger charge is 2.50. The number of cyclic esters (lactones) is 1. The SMILES string of the molecule is O=C1OCC2(Cc3ccccc3)CN(CCn3cccn3)CCN12. The monoisotopic (exact) mass is 326 g/mol. The molecule has 2 fully saturated rings. The first-order valence-corrected chi connectivity index (χ1v) is 8.43. The van der Waals surface area contributed by atoms with E-state index in [0.29, 0.717) is 6.61 Å². The molecule has 0 bridgehead atoms. The van der Waals surface area contributed by atoms with Crippen molar-refractivity contribution in [3.8, 4) is 0 Å². The number of hydrogen-bond acceptors (Lipinski definition) is 4. The summed E-state index contributed by atoms with van der Waals surface area (Å²) < 4.78 is 7.37. The van der Waals surface area contributed by atoms with Crippen LogP contribution < -0.4 is 0 Å². The molecule has 0 saturated carbocycles. The number of rotatable bonds is 5. The minimum atomic E-state index is -0.249. The number of carbonyl (C=O) groups is 1. The second-order valence-corrected chi connectivity index (χ2v) is 6.64. The van der Waals surface area contributed by atoms with Crippen molar-refractivity contribution in [2.75, 3.05) is 32.8 Å². The minimum absolute atomic E-state index is 0.169. The predicted molar refractivity (Wildman–Crippen MR) is 89.6 cm³/mol. The molecule has 3 heterocycles. The summed E-state index contributed by atoms with van der Waals surface area (Å²) in [6.07, 6.45) is 4.45. The summed E-state index contributed by atoms with van der Waals surface area (Å²) in [6.45, 7) is 4.72. The van der Waals surface area contributed by atoms with Gasteiger partial charge in [-0.05, 0) is 11.6 Å². The van der Waals surface area contributed by atoms with Gasteiger partial charge in [0.25, 0.3) is 0 Å². The number of ether oxygens (including phenoxy) is 1. The molecule has 126 valence electrons. The Kier molecular flexibility index (Phi) is 3.98. The lowest BCUT2D eigenvalue weighted by atomic mass is 9.88. The van der Waals surface area contributed by atoms with Crippen molar-refractivity contribution >= 4 is 6.09 Å². The van der Waals surface area contributed by atoms with Crippen LogP contribution in [0.2, 0.25) is 0 Å². The molecular weight excluding hydrogens is 304 g/mol. The lowest BCUT2D eigenvalue weighted by Gasteiger charge is -2.44. The third-order valence-electron chi connectivity index (χ3n) is 5.00. The molecule has 2 aliphatic heterocycles. The number of nitrogens with zero attached hydrogens (tertiary/aromatic N) is 4. The van der Waals surface area contributed by atoms with Crippen LogP contribution in [0.15, 0.2) is 48.8 Å². The van der Waals surface area contributed by atoms with Crippen molar-refractivity contribution in [1.82, 2.24) is 19.6 Å². The Balaban J connectivity index is 1.49. The Morgan fingerprint density at radius 3 is 2.79 bits per heavy atom.